The Morgan fingerprint density at radius 2 is 2.06 bits per heavy atom. The molecule has 3 heterocycles. The van der Waals surface area contributed by atoms with Gasteiger partial charge in [0.15, 0.2) is 17.1 Å². The number of hydrogen-bond acceptors (Lipinski definition) is 7. The van der Waals surface area contributed by atoms with Crippen molar-refractivity contribution in [2.75, 3.05) is 38.6 Å². The molecule has 0 aliphatic carbocycles. The predicted octanol–water partition coefficient (Wildman–Crippen LogP) is 2.77. The number of nitrogens with zero attached hydrogens (tertiary/aromatic N) is 4. The standard InChI is InChI=1S/C23H31N5O3/c1-3-30-21-12-17(6-7-20(21)31-10-9-29)14-27-8-4-5-18(15-27)19-13-22(24)28-23(25-19)11-16(2)26-28/h6-7,11-13,18,29H,3-5,8-10,14-15,24H2,1-2H3/t18-/m1/s1. The fourth-order valence-electron chi connectivity index (χ4n) is 4.23. The van der Waals surface area contributed by atoms with Crippen LogP contribution in [0.3, 0.4) is 0 Å². The minimum Gasteiger partial charge on any atom is -0.490 e. The molecule has 4 rings (SSSR count). The lowest BCUT2D eigenvalue weighted by Crippen LogP contribution is -2.34. The Morgan fingerprint density at radius 1 is 1.19 bits per heavy atom. The van der Waals surface area contributed by atoms with Gasteiger partial charge < -0.3 is 20.3 Å². The third kappa shape index (κ3) is 4.91. The molecule has 2 aromatic heterocycles. The summed E-state index contributed by atoms with van der Waals surface area (Å²) in [6.45, 7) is 7.52. The Labute approximate surface area is 182 Å². The monoisotopic (exact) mass is 425 g/mol. The molecule has 8 heteroatoms. The number of benzene rings is 1. The molecule has 3 N–H and O–H groups in total. The van der Waals surface area contributed by atoms with E-state index >= 15 is 0 Å². The highest BCUT2D eigenvalue weighted by molar-refractivity contribution is 5.49. The number of nitrogens with two attached hydrogens (primary N) is 1. The van der Waals surface area contributed by atoms with Gasteiger partial charge in [-0.2, -0.15) is 9.61 Å². The van der Waals surface area contributed by atoms with Crippen LogP contribution in [0, 0.1) is 6.92 Å². The Kier molecular flexibility index (Phi) is 6.58. The summed E-state index contributed by atoms with van der Waals surface area (Å²) in [4.78, 5) is 7.29. The fraction of sp³-hybridized carbons (Fsp3) is 0.478. The molecule has 166 valence electrons. The SMILES string of the molecule is CCOc1cc(CN2CCC[C@@H](c3cc(N)n4nc(C)cc4n3)C2)ccc1OCCO. The van der Waals surface area contributed by atoms with E-state index in [9.17, 15) is 0 Å². The van der Waals surface area contributed by atoms with Crippen molar-refractivity contribution in [3.63, 3.8) is 0 Å². The molecule has 0 unspecified atom stereocenters. The van der Waals surface area contributed by atoms with Crippen LogP contribution in [0.25, 0.3) is 5.65 Å². The summed E-state index contributed by atoms with van der Waals surface area (Å²) in [6.07, 6.45) is 2.22. The zero-order chi connectivity index (χ0) is 21.8. The number of hydrogen-bond donors (Lipinski definition) is 2. The van der Waals surface area contributed by atoms with Crippen LogP contribution in [-0.4, -0.2) is 57.5 Å². The molecule has 1 aliphatic rings. The van der Waals surface area contributed by atoms with Gasteiger partial charge in [0.1, 0.15) is 12.4 Å². The lowest BCUT2D eigenvalue weighted by Gasteiger charge is -2.32. The van der Waals surface area contributed by atoms with Crippen molar-refractivity contribution in [2.24, 2.45) is 0 Å². The summed E-state index contributed by atoms with van der Waals surface area (Å²) in [6, 6.07) is 9.97. The second-order valence-corrected chi connectivity index (χ2v) is 8.02. The second kappa shape index (κ2) is 9.53. The van der Waals surface area contributed by atoms with E-state index in [-0.39, 0.29) is 13.2 Å². The first-order chi connectivity index (χ1) is 15.1. The summed E-state index contributed by atoms with van der Waals surface area (Å²) in [5.41, 5.74) is 10.2. The first-order valence-corrected chi connectivity index (χ1v) is 10.9. The molecule has 1 atom stereocenters. The maximum absolute atomic E-state index is 9.02. The van der Waals surface area contributed by atoms with Gasteiger partial charge in [0.2, 0.25) is 0 Å². The van der Waals surface area contributed by atoms with E-state index in [0.717, 1.165) is 55.3 Å². The first-order valence-electron chi connectivity index (χ1n) is 10.9. The van der Waals surface area contributed by atoms with Crippen LogP contribution in [0.5, 0.6) is 11.5 Å². The van der Waals surface area contributed by atoms with Gasteiger partial charge in [-0.1, -0.05) is 6.07 Å². The molecule has 1 aliphatic heterocycles. The van der Waals surface area contributed by atoms with E-state index in [4.69, 9.17) is 25.3 Å². The van der Waals surface area contributed by atoms with Crippen LogP contribution in [0.4, 0.5) is 5.82 Å². The zero-order valence-electron chi connectivity index (χ0n) is 18.3. The van der Waals surface area contributed by atoms with Crippen LogP contribution < -0.4 is 15.2 Å². The number of rotatable bonds is 8. The highest BCUT2D eigenvalue weighted by Gasteiger charge is 2.24. The maximum Gasteiger partial charge on any atom is 0.161 e. The molecule has 1 fully saturated rings. The molecule has 0 spiro atoms. The van der Waals surface area contributed by atoms with E-state index in [1.165, 1.54) is 5.56 Å². The van der Waals surface area contributed by atoms with Gasteiger partial charge in [0.05, 0.1) is 24.6 Å². The van der Waals surface area contributed by atoms with Crippen molar-refractivity contribution < 1.29 is 14.6 Å². The molecule has 0 amide bonds. The number of aliphatic hydroxyl groups excluding tert-OH is 1. The average Bonchev–Trinajstić information content (AvgIpc) is 3.14. The molecule has 1 saturated heterocycles. The Bertz CT molecular complexity index is 1040. The topological polar surface area (TPSA) is 98.1 Å². The third-order valence-electron chi connectivity index (χ3n) is 5.58. The molecule has 3 aromatic rings. The number of ether oxygens (including phenoxy) is 2. The van der Waals surface area contributed by atoms with Crippen LogP contribution in [0.1, 0.15) is 42.6 Å². The highest BCUT2D eigenvalue weighted by atomic mass is 16.5. The smallest absolute Gasteiger partial charge is 0.161 e. The van der Waals surface area contributed by atoms with Gasteiger partial charge in [0, 0.05) is 31.1 Å². The molecule has 1 aromatic carbocycles. The zero-order valence-corrected chi connectivity index (χ0v) is 18.3. The average molecular weight is 426 g/mol. The second-order valence-electron chi connectivity index (χ2n) is 8.02. The summed E-state index contributed by atoms with van der Waals surface area (Å²) in [5, 5.41) is 13.4. The van der Waals surface area contributed by atoms with Gasteiger partial charge in [-0.3, -0.25) is 4.90 Å². The van der Waals surface area contributed by atoms with E-state index in [1.54, 1.807) is 4.52 Å². The summed E-state index contributed by atoms with van der Waals surface area (Å²) in [7, 11) is 0. The number of aromatic nitrogens is 3. The minimum atomic E-state index is -0.0221. The van der Waals surface area contributed by atoms with Crippen molar-refractivity contribution in [1.82, 2.24) is 19.5 Å². The number of anilines is 1. The van der Waals surface area contributed by atoms with E-state index < -0.39 is 0 Å². The van der Waals surface area contributed by atoms with E-state index in [1.807, 2.05) is 38.1 Å². The van der Waals surface area contributed by atoms with Crippen molar-refractivity contribution in [1.29, 1.82) is 0 Å². The highest BCUT2D eigenvalue weighted by Crippen LogP contribution is 2.31. The lowest BCUT2D eigenvalue weighted by molar-refractivity contribution is 0.192. The van der Waals surface area contributed by atoms with E-state index in [2.05, 4.69) is 16.1 Å². The number of fused-ring (bicyclic) bond motifs is 1. The summed E-state index contributed by atoms with van der Waals surface area (Å²) >= 11 is 0. The van der Waals surface area contributed by atoms with Crippen molar-refractivity contribution >= 4 is 11.5 Å². The lowest BCUT2D eigenvalue weighted by atomic mass is 9.94. The van der Waals surface area contributed by atoms with Crippen LogP contribution in [-0.2, 0) is 6.54 Å². The number of aliphatic hydroxyl groups is 1. The number of likely N-dealkylation sites (tertiary alicyclic amines) is 1. The van der Waals surface area contributed by atoms with Crippen LogP contribution >= 0.6 is 0 Å². The normalized spacial score (nSPS) is 17.2. The Balaban J connectivity index is 1.48. The Morgan fingerprint density at radius 3 is 2.87 bits per heavy atom. The van der Waals surface area contributed by atoms with Crippen molar-refractivity contribution in [3.05, 3.63) is 47.3 Å². The Hall–Kier alpha value is -2.84. The predicted molar refractivity (Wildman–Crippen MR) is 120 cm³/mol. The number of nitrogen functional groups attached to an aromatic ring is 1. The number of aryl methyl sites for hydroxylation is 1. The van der Waals surface area contributed by atoms with Crippen molar-refractivity contribution in [3.8, 4) is 11.5 Å². The fourth-order valence-corrected chi connectivity index (χ4v) is 4.23. The molecule has 0 bridgehead atoms. The van der Waals surface area contributed by atoms with Gasteiger partial charge in [0.25, 0.3) is 0 Å². The quantitative estimate of drug-likeness (QED) is 0.573. The van der Waals surface area contributed by atoms with Gasteiger partial charge in [-0.15, -0.1) is 0 Å². The van der Waals surface area contributed by atoms with Gasteiger partial charge in [-0.05, 0) is 50.9 Å². The van der Waals surface area contributed by atoms with Gasteiger partial charge >= 0.3 is 0 Å². The van der Waals surface area contributed by atoms with Crippen molar-refractivity contribution in [2.45, 2.75) is 39.2 Å². The molecule has 8 nitrogen and oxygen atoms in total. The van der Waals surface area contributed by atoms with Gasteiger partial charge in [-0.25, -0.2) is 4.98 Å². The summed E-state index contributed by atoms with van der Waals surface area (Å²) in [5.74, 6) is 2.36. The molecular weight excluding hydrogens is 394 g/mol. The molecule has 0 radical (unpaired) electrons. The maximum atomic E-state index is 9.02. The molecule has 0 saturated carbocycles. The molecule has 31 heavy (non-hydrogen) atoms. The largest absolute Gasteiger partial charge is 0.490 e. The van der Waals surface area contributed by atoms with Crippen LogP contribution in [0.2, 0.25) is 0 Å². The first kappa shape index (κ1) is 21.4. The van der Waals surface area contributed by atoms with Crippen LogP contribution in [0.15, 0.2) is 30.3 Å². The third-order valence-corrected chi connectivity index (χ3v) is 5.58. The number of piperidine rings is 1. The summed E-state index contributed by atoms with van der Waals surface area (Å²) < 4.78 is 13.0. The molecular formula is C23H31N5O3. The van der Waals surface area contributed by atoms with E-state index in [0.29, 0.717) is 24.1 Å². The minimum absolute atomic E-state index is 0.0221.